The molecule has 2 nitrogen and oxygen atoms in total. The second-order valence-electron chi connectivity index (χ2n) is 4.55. The second kappa shape index (κ2) is 3.79. The van der Waals surface area contributed by atoms with Crippen molar-refractivity contribution >= 4 is 22.5 Å². The fourth-order valence-electron chi connectivity index (χ4n) is 2.08. The Morgan fingerprint density at radius 1 is 1.38 bits per heavy atom. The number of hydrogen-bond acceptors (Lipinski definition) is 1. The molecule has 0 amide bonds. The van der Waals surface area contributed by atoms with Crippen molar-refractivity contribution in [3.63, 3.8) is 0 Å². The highest BCUT2D eigenvalue weighted by atomic mass is 35.5. The summed E-state index contributed by atoms with van der Waals surface area (Å²) < 4.78 is 2.24. The summed E-state index contributed by atoms with van der Waals surface area (Å²) in [5.41, 5.74) is 2.57. The maximum absolute atomic E-state index is 5.99. The van der Waals surface area contributed by atoms with Gasteiger partial charge in [0, 0.05) is 41.3 Å². The molecule has 0 radical (unpaired) electrons. The van der Waals surface area contributed by atoms with E-state index in [-0.39, 0.29) is 0 Å². The number of aryl methyl sites for hydroxylation is 1. The summed E-state index contributed by atoms with van der Waals surface area (Å²) in [6, 6.07) is 9.02. The highest BCUT2D eigenvalue weighted by Crippen LogP contribution is 2.24. The Balaban J connectivity index is 1.94. The van der Waals surface area contributed by atoms with Crippen molar-refractivity contribution in [1.82, 2.24) is 9.88 Å². The molecule has 1 aromatic carbocycles. The van der Waals surface area contributed by atoms with Crippen LogP contribution in [-0.4, -0.2) is 10.6 Å². The van der Waals surface area contributed by atoms with Crippen molar-refractivity contribution in [2.24, 2.45) is 7.05 Å². The Morgan fingerprint density at radius 2 is 2.19 bits per heavy atom. The van der Waals surface area contributed by atoms with Gasteiger partial charge in [-0.3, -0.25) is 0 Å². The van der Waals surface area contributed by atoms with Gasteiger partial charge in [-0.05, 0) is 37.1 Å². The normalized spacial score (nSPS) is 15.9. The lowest BCUT2D eigenvalue weighted by molar-refractivity contribution is 0.655. The van der Waals surface area contributed by atoms with Gasteiger partial charge in [-0.2, -0.15) is 0 Å². The van der Waals surface area contributed by atoms with Crippen LogP contribution in [0.15, 0.2) is 24.3 Å². The zero-order chi connectivity index (χ0) is 11.1. The zero-order valence-electron chi connectivity index (χ0n) is 9.33. The van der Waals surface area contributed by atoms with Gasteiger partial charge in [-0.15, -0.1) is 0 Å². The summed E-state index contributed by atoms with van der Waals surface area (Å²) in [5.74, 6) is 0. The van der Waals surface area contributed by atoms with Crippen LogP contribution in [0, 0.1) is 0 Å². The maximum Gasteiger partial charge on any atom is 0.0481 e. The second-order valence-corrected chi connectivity index (χ2v) is 4.99. The van der Waals surface area contributed by atoms with Gasteiger partial charge < -0.3 is 9.88 Å². The van der Waals surface area contributed by atoms with Gasteiger partial charge in [-0.25, -0.2) is 0 Å². The van der Waals surface area contributed by atoms with E-state index in [1.165, 1.54) is 29.4 Å². The fourth-order valence-corrected chi connectivity index (χ4v) is 2.26. The molecule has 0 saturated heterocycles. The monoisotopic (exact) mass is 234 g/mol. The average molecular weight is 235 g/mol. The van der Waals surface area contributed by atoms with Crippen molar-refractivity contribution in [2.75, 3.05) is 0 Å². The molecule has 16 heavy (non-hydrogen) atoms. The zero-order valence-corrected chi connectivity index (χ0v) is 10.1. The third kappa shape index (κ3) is 1.83. The largest absolute Gasteiger partial charge is 0.346 e. The van der Waals surface area contributed by atoms with Crippen LogP contribution in [-0.2, 0) is 13.6 Å². The van der Waals surface area contributed by atoms with Crippen molar-refractivity contribution in [3.05, 3.63) is 35.0 Å². The van der Waals surface area contributed by atoms with Gasteiger partial charge in [-0.1, -0.05) is 11.6 Å². The number of halogens is 1. The molecule has 1 saturated carbocycles. The van der Waals surface area contributed by atoms with E-state index >= 15 is 0 Å². The van der Waals surface area contributed by atoms with Crippen LogP contribution >= 0.6 is 11.6 Å². The summed E-state index contributed by atoms with van der Waals surface area (Å²) in [6.07, 6.45) is 2.66. The number of fused-ring (bicyclic) bond motifs is 1. The number of aromatic nitrogens is 1. The molecule has 0 atom stereocenters. The van der Waals surface area contributed by atoms with Crippen molar-refractivity contribution in [1.29, 1.82) is 0 Å². The summed E-state index contributed by atoms with van der Waals surface area (Å²) in [7, 11) is 2.11. The molecule has 1 aliphatic rings. The Kier molecular flexibility index (Phi) is 2.41. The Hall–Kier alpha value is -0.990. The van der Waals surface area contributed by atoms with E-state index in [1.807, 2.05) is 12.1 Å². The summed E-state index contributed by atoms with van der Waals surface area (Å²) in [6.45, 7) is 0.952. The SMILES string of the molecule is Cn1c(CNC2CC2)cc2cc(Cl)ccc21. The Labute approximate surface area is 100 Å². The Bertz CT molecular complexity index is 526. The van der Waals surface area contributed by atoms with Gasteiger partial charge in [0.1, 0.15) is 0 Å². The van der Waals surface area contributed by atoms with E-state index in [2.05, 4.69) is 29.1 Å². The van der Waals surface area contributed by atoms with Gasteiger partial charge in [0.05, 0.1) is 0 Å². The molecule has 0 spiro atoms. The lowest BCUT2D eigenvalue weighted by Crippen LogP contribution is -2.17. The molecule has 84 valence electrons. The first kappa shape index (κ1) is 10.2. The molecular weight excluding hydrogens is 220 g/mol. The molecule has 2 aromatic rings. The van der Waals surface area contributed by atoms with Crippen LogP contribution in [0.5, 0.6) is 0 Å². The predicted octanol–water partition coefficient (Wildman–Crippen LogP) is 3.08. The Morgan fingerprint density at radius 3 is 2.94 bits per heavy atom. The molecule has 1 aliphatic carbocycles. The highest BCUT2D eigenvalue weighted by Gasteiger charge is 2.20. The van der Waals surface area contributed by atoms with Gasteiger partial charge in [0.2, 0.25) is 0 Å². The topological polar surface area (TPSA) is 17.0 Å². The van der Waals surface area contributed by atoms with Crippen LogP contribution in [0.4, 0.5) is 0 Å². The van der Waals surface area contributed by atoms with Gasteiger partial charge >= 0.3 is 0 Å². The van der Waals surface area contributed by atoms with E-state index in [0.717, 1.165) is 17.6 Å². The highest BCUT2D eigenvalue weighted by molar-refractivity contribution is 6.31. The third-order valence-corrected chi connectivity index (χ3v) is 3.49. The first-order valence-electron chi connectivity index (χ1n) is 5.71. The molecule has 0 bridgehead atoms. The minimum absolute atomic E-state index is 0.751. The average Bonchev–Trinajstić information content (AvgIpc) is 3.03. The molecule has 3 rings (SSSR count). The molecule has 1 heterocycles. The maximum atomic E-state index is 5.99. The van der Waals surface area contributed by atoms with E-state index in [0.29, 0.717) is 0 Å². The van der Waals surface area contributed by atoms with Gasteiger partial charge in [0.25, 0.3) is 0 Å². The summed E-state index contributed by atoms with van der Waals surface area (Å²) >= 11 is 5.99. The smallest absolute Gasteiger partial charge is 0.0481 e. The fraction of sp³-hybridized carbons (Fsp3) is 0.385. The van der Waals surface area contributed by atoms with Crippen LogP contribution in [0.2, 0.25) is 5.02 Å². The molecule has 1 aromatic heterocycles. The van der Waals surface area contributed by atoms with Crippen molar-refractivity contribution in [2.45, 2.75) is 25.4 Å². The third-order valence-electron chi connectivity index (χ3n) is 3.25. The van der Waals surface area contributed by atoms with Crippen LogP contribution < -0.4 is 5.32 Å². The summed E-state index contributed by atoms with van der Waals surface area (Å²) in [4.78, 5) is 0. The first-order valence-corrected chi connectivity index (χ1v) is 6.09. The number of nitrogens with one attached hydrogen (secondary N) is 1. The molecular formula is C13H15ClN2. The molecule has 1 fully saturated rings. The molecule has 1 N–H and O–H groups in total. The number of rotatable bonds is 3. The molecule has 0 unspecified atom stereocenters. The van der Waals surface area contributed by atoms with E-state index in [1.54, 1.807) is 0 Å². The van der Waals surface area contributed by atoms with Crippen LogP contribution in [0.3, 0.4) is 0 Å². The standard InChI is InChI=1S/C13H15ClN2/c1-16-12(8-15-11-3-4-11)7-9-6-10(14)2-5-13(9)16/h2,5-7,11,15H,3-4,8H2,1H3. The minimum atomic E-state index is 0.751. The van der Waals surface area contributed by atoms with E-state index in [4.69, 9.17) is 11.6 Å². The minimum Gasteiger partial charge on any atom is -0.346 e. The lowest BCUT2D eigenvalue weighted by atomic mass is 10.2. The molecule has 0 aliphatic heterocycles. The number of nitrogens with zero attached hydrogens (tertiary/aromatic N) is 1. The van der Waals surface area contributed by atoms with Crippen molar-refractivity contribution < 1.29 is 0 Å². The molecule has 3 heteroatoms. The number of benzene rings is 1. The summed E-state index contributed by atoms with van der Waals surface area (Å²) in [5, 5.41) is 5.57. The van der Waals surface area contributed by atoms with Crippen LogP contribution in [0.1, 0.15) is 18.5 Å². The van der Waals surface area contributed by atoms with Crippen molar-refractivity contribution in [3.8, 4) is 0 Å². The van der Waals surface area contributed by atoms with Gasteiger partial charge in [0.15, 0.2) is 0 Å². The first-order chi connectivity index (χ1) is 7.74. The quantitative estimate of drug-likeness (QED) is 0.864. The van der Waals surface area contributed by atoms with E-state index in [9.17, 15) is 0 Å². The van der Waals surface area contributed by atoms with Crippen LogP contribution in [0.25, 0.3) is 10.9 Å². The predicted molar refractivity (Wildman–Crippen MR) is 67.8 cm³/mol. The van der Waals surface area contributed by atoms with E-state index < -0.39 is 0 Å². The lowest BCUT2D eigenvalue weighted by Gasteiger charge is -2.04. The number of hydrogen-bond donors (Lipinski definition) is 1.